The zero-order valence-corrected chi connectivity index (χ0v) is 12.3. The van der Waals surface area contributed by atoms with E-state index in [0.29, 0.717) is 12.8 Å². The van der Waals surface area contributed by atoms with Crippen LogP contribution in [0.2, 0.25) is 0 Å². The van der Waals surface area contributed by atoms with E-state index in [1.165, 1.54) is 11.1 Å². The summed E-state index contributed by atoms with van der Waals surface area (Å²) in [5.41, 5.74) is 2.65. The Morgan fingerprint density at radius 2 is 2.14 bits per heavy atom. The first-order chi connectivity index (χ1) is 10.8. The van der Waals surface area contributed by atoms with Crippen molar-refractivity contribution in [1.29, 1.82) is 0 Å². The molecule has 22 heavy (non-hydrogen) atoms. The van der Waals surface area contributed by atoms with Gasteiger partial charge in [-0.1, -0.05) is 12.2 Å². The SMILES string of the molecule is CO[C@@H]1C=C[C@]23c4cc5c(cc4CN([C@H]2C1)[C@H]1O[C@H]13)OCO5. The fourth-order valence-electron chi connectivity index (χ4n) is 4.96. The van der Waals surface area contributed by atoms with E-state index in [9.17, 15) is 0 Å². The topological polar surface area (TPSA) is 43.5 Å². The van der Waals surface area contributed by atoms with Crippen molar-refractivity contribution >= 4 is 0 Å². The van der Waals surface area contributed by atoms with E-state index >= 15 is 0 Å². The van der Waals surface area contributed by atoms with Crippen LogP contribution in [-0.2, 0) is 21.4 Å². The molecule has 2 fully saturated rings. The van der Waals surface area contributed by atoms with Crippen LogP contribution in [0.15, 0.2) is 24.3 Å². The van der Waals surface area contributed by atoms with Gasteiger partial charge in [0.15, 0.2) is 11.5 Å². The average Bonchev–Trinajstić information content (AvgIpc) is 3.17. The summed E-state index contributed by atoms with van der Waals surface area (Å²) in [6.07, 6.45) is 6.30. The lowest BCUT2D eigenvalue weighted by Gasteiger charge is -2.47. The molecular weight excluding hydrogens is 282 g/mol. The Labute approximate surface area is 128 Å². The van der Waals surface area contributed by atoms with Crippen LogP contribution >= 0.6 is 0 Å². The molecule has 0 amide bonds. The molecule has 0 spiro atoms. The number of nitrogens with zero attached hydrogens (tertiary/aromatic N) is 1. The van der Waals surface area contributed by atoms with Crippen LogP contribution in [0.5, 0.6) is 11.5 Å². The van der Waals surface area contributed by atoms with Crippen molar-refractivity contribution in [2.75, 3.05) is 13.9 Å². The Morgan fingerprint density at radius 3 is 3.00 bits per heavy atom. The summed E-state index contributed by atoms with van der Waals surface area (Å²) >= 11 is 0. The fourth-order valence-corrected chi connectivity index (χ4v) is 4.96. The highest BCUT2D eigenvalue weighted by Crippen LogP contribution is 2.62. The molecule has 4 aliphatic heterocycles. The lowest BCUT2D eigenvalue weighted by atomic mass is 9.66. The third-order valence-electron chi connectivity index (χ3n) is 5.98. The van der Waals surface area contributed by atoms with Crippen molar-refractivity contribution in [2.45, 2.75) is 42.9 Å². The lowest BCUT2D eigenvalue weighted by Crippen LogP contribution is -2.53. The second-order valence-electron chi connectivity index (χ2n) is 6.80. The standard InChI is InChI=1S/C17H17NO4/c1-19-10-2-3-17-11-6-13-12(20-8-21-13)4-9(11)7-18(14(17)5-10)16-15(17)22-16/h2-4,6,10,14-16H,5,7-8H2,1H3/t10-,14+,15-,16+,17+/m1/s1. The third-order valence-corrected chi connectivity index (χ3v) is 5.98. The van der Waals surface area contributed by atoms with Crippen LogP contribution in [0.4, 0.5) is 0 Å². The maximum Gasteiger partial charge on any atom is 0.231 e. The first kappa shape index (κ1) is 11.9. The minimum Gasteiger partial charge on any atom is -0.454 e. The Morgan fingerprint density at radius 1 is 1.27 bits per heavy atom. The molecule has 6 rings (SSSR count). The summed E-state index contributed by atoms with van der Waals surface area (Å²) in [5.74, 6) is 1.74. The van der Waals surface area contributed by atoms with Gasteiger partial charge in [-0.05, 0) is 29.7 Å². The van der Waals surface area contributed by atoms with Gasteiger partial charge in [0.1, 0.15) is 12.3 Å². The normalized spacial score (nSPS) is 45.2. The predicted octanol–water partition coefficient (Wildman–Crippen LogP) is 1.55. The van der Waals surface area contributed by atoms with Gasteiger partial charge in [-0.15, -0.1) is 0 Å². The number of methoxy groups -OCH3 is 1. The number of hydrogen-bond acceptors (Lipinski definition) is 5. The van der Waals surface area contributed by atoms with Gasteiger partial charge >= 0.3 is 0 Å². The second kappa shape index (κ2) is 3.67. The molecule has 0 radical (unpaired) electrons. The summed E-state index contributed by atoms with van der Waals surface area (Å²) < 4.78 is 22.7. The Balaban J connectivity index is 1.58. The Bertz CT molecular complexity index is 717. The van der Waals surface area contributed by atoms with E-state index in [2.05, 4.69) is 29.2 Å². The van der Waals surface area contributed by atoms with Crippen LogP contribution in [-0.4, -0.2) is 43.3 Å². The summed E-state index contributed by atoms with van der Waals surface area (Å²) in [6, 6.07) is 4.80. The van der Waals surface area contributed by atoms with E-state index in [0.717, 1.165) is 24.5 Å². The van der Waals surface area contributed by atoms with Gasteiger partial charge in [-0.3, -0.25) is 4.90 Å². The van der Waals surface area contributed by atoms with Gasteiger partial charge in [0.2, 0.25) is 6.79 Å². The minimum absolute atomic E-state index is 0.0474. The summed E-state index contributed by atoms with van der Waals surface area (Å²) in [5, 5.41) is 0. The predicted molar refractivity (Wildman–Crippen MR) is 76.8 cm³/mol. The maximum atomic E-state index is 5.99. The Kier molecular flexibility index (Phi) is 1.99. The van der Waals surface area contributed by atoms with Crippen molar-refractivity contribution in [1.82, 2.24) is 4.90 Å². The smallest absolute Gasteiger partial charge is 0.231 e. The highest BCUT2D eigenvalue weighted by atomic mass is 16.7. The zero-order valence-electron chi connectivity index (χ0n) is 12.3. The second-order valence-corrected chi connectivity index (χ2v) is 6.80. The van der Waals surface area contributed by atoms with Gasteiger partial charge in [-0.25, -0.2) is 0 Å². The van der Waals surface area contributed by atoms with Gasteiger partial charge < -0.3 is 18.9 Å². The molecule has 4 heterocycles. The molecule has 6 atom stereocenters. The van der Waals surface area contributed by atoms with Gasteiger partial charge in [0.05, 0.1) is 11.5 Å². The van der Waals surface area contributed by atoms with Gasteiger partial charge in [-0.2, -0.15) is 0 Å². The molecule has 1 aliphatic carbocycles. The first-order valence-corrected chi connectivity index (χ1v) is 7.87. The Hall–Kier alpha value is -1.56. The van der Waals surface area contributed by atoms with Crippen LogP contribution in [0, 0.1) is 0 Å². The van der Waals surface area contributed by atoms with Crippen molar-refractivity contribution in [3.63, 3.8) is 0 Å². The van der Waals surface area contributed by atoms with Crippen LogP contribution in [0.25, 0.3) is 0 Å². The van der Waals surface area contributed by atoms with Crippen molar-refractivity contribution in [3.8, 4) is 11.5 Å². The van der Waals surface area contributed by atoms with E-state index in [-0.39, 0.29) is 23.9 Å². The molecule has 5 heteroatoms. The zero-order chi connectivity index (χ0) is 14.5. The molecule has 0 N–H and O–H groups in total. The van der Waals surface area contributed by atoms with E-state index in [4.69, 9.17) is 18.9 Å². The van der Waals surface area contributed by atoms with Crippen molar-refractivity contribution in [2.24, 2.45) is 0 Å². The largest absolute Gasteiger partial charge is 0.454 e. The minimum atomic E-state index is -0.0474. The van der Waals surface area contributed by atoms with E-state index < -0.39 is 0 Å². The first-order valence-electron chi connectivity index (χ1n) is 7.87. The summed E-state index contributed by atoms with van der Waals surface area (Å²) in [4.78, 5) is 2.50. The highest BCUT2D eigenvalue weighted by Gasteiger charge is 2.71. The fraction of sp³-hybridized carbons (Fsp3) is 0.529. The molecule has 2 saturated heterocycles. The number of fused-ring (bicyclic) bond motifs is 4. The van der Waals surface area contributed by atoms with Crippen LogP contribution in [0.3, 0.4) is 0 Å². The lowest BCUT2D eigenvalue weighted by molar-refractivity contribution is 0.0113. The summed E-state index contributed by atoms with van der Waals surface area (Å²) in [6.45, 7) is 1.24. The summed E-state index contributed by atoms with van der Waals surface area (Å²) in [7, 11) is 1.79. The number of ether oxygens (including phenoxy) is 4. The van der Waals surface area contributed by atoms with Gasteiger partial charge in [0, 0.05) is 19.7 Å². The molecule has 1 unspecified atom stereocenters. The average molecular weight is 299 g/mol. The highest BCUT2D eigenvalue weighted by molar-refractivity contribution is 5.58. The molecule has 5 nitrogen and oxygen atoms in total. The number of epoxide rings is 1. The molecule has 114 valence electrons. The van der Waals surface area contributed by atoms with Crippen molar-refractivity contribution < 1.29 is 18.9 Å². The quantitative estimate of drug-likeness (QED) is 0.581. The molecule has 0 saturated carbocycles. The van der Waals surface area contributed by atoms with Crippen LogP contribution in [0.1, 0.15) is 17.5 Å². The van der Waals surface area contributed by atoms with Crippen LogP contribution < -0.4 is 9.47 Å². The number of hydrogen-bond donors (Lipinski definition) is 0. The van der Waals surface area contributed by atoms with E-state index in [1.54, 1.807) is 7.11 Å². The number of rotatable bonds is 1. The molecule has 5 aliphatic rings. The third kappa shape index (κ3) is 1.20. The monoisotopic (exact) mass is 299 g/mol. The van der Waals surface area contributed by atoms with Gasteiger partial charge in [0.25, 0.3) is 0 Å². The molecular formula is C17H17NO4. The number of benzene rings is 1. The van der Waals surface area contributed by atoms with Crippen molar-refractivity contribution in [3.05, 3.63) is 35.4 Å². The molecule has 1 aromatic rings. The van der Waals surface area contributed by atoms with E-state index in [1.807, 2.05) is 0 Å². The maximum absolute atomic E-state index is 5.99. The molecule has 0 aromatic heterocycles. The molecule has 1 aromatic carbocycles. The molecule has 2 bridgehead atoms.